The highest BCUT2D eigenvalue weighted by Gasteiger charge is 2.14. The molecule has 2 heteroatoms. The van der Waals surface area contributed by atoms with Crippen LogP contribution in [0.2, 0.25) is 0 Å². The van der Waals surface area contributed by atoms with E-state index in [0.29, 0.717) is 0 Å². The number of benzene rings is 1. The number of rotatable bonds is 7. The number of aliphatic hydroxyl groups is 1. The Labute approximate surface area is 117 Å². The lowest BCUT2D eigenvalue weighted by Gasteiger charge is -2.23. The van der Waals surface area contributed by atoms with Gasteiger partial charge in [-0.05, 0) is 30.9 Å². The molecule has 1 aliphatic carbocycles. The van der Waals surface area contributed by atoms with Crippen molar-refractivity contribution in [3.63, 3.8) is 0 Å². The third-order valence-electron chi connectivity index (χ3n) is 4.26. The maximum Gasteiger partial charge on any atom is 0.0587 e. The summed E-state index contributed by atoms with van der Waals surface area (Å²) < 4.78 is 0. The van der Waals surface area contributed by atoms with Crippen LogP contribution in [0.4, 0.5) is 0 Å². The average Bonchev–Trinajstić information content (AvgIpc) is 2.48. The van der Waals surface area contributed by atoms with E-state index in [-0.39, 0.29) is 12.6 Å². The monoisotopic (exact) mass is 261 g/mol. The summed E-state index contributed by atoms with van der Waals surface area (Å²) in [5.41, 5.74) is 1.30. The van der Waals surface area contributed by atoms with E-state index in [0.717, 1.165) is 18.9 Å². The first-order valence-corrected chi connectivity index (χ1v) is 7.76. The summed E-state index contributed by atoms with van der Waals surface area (Å²) in [6.45, 7) is 1.27. The summed E-state index contributed by atoms with van der Waals surface area (Å²) in [4.78, 5) is 0. The Kier molecular flexibility index (Phi) is 6.38. The third kappa shape index (κ3) is 5.33. The predicted molar refractivity (Wildman–Crippen MR) is 80.2 cm³/mol. The van der Waals surface area contributed by atoms with Crippen molar-refractivity contribution in [3.05, 3.63) is 35.9 Å². The molecule has 2 rings (SSSR count). The molecule has 0 aromatic heterocycles. The van der Waals surface area contributed by atoms with Gasteiger partial charge in [-0.3, -0.25) is 0 Å². The van der Waals surface area contributed by atoms with Gasteiger partial charge in [-0.25, -0.2) is 0 Å². The standard InChI is InChI=1S/C17H27NO/c19-14-17(13-16-9-5-2-6-10-16)18-12-11-15-7-3-1-4-8-15/h2,5-6,9-10,15,17-19H,1,3-4,7-8,11-14H2. The lowest BCUT2D eigenvalue weighted by Crippen LogP contribution is -2.36. The van der Waals surface area contributed by atoms with Crippen LogP contribution >= 0.6 is 0 Å². The fourth-order valence-corrected chi connectivity index (χ4v) is 3.07. The van der Waals surface area contributed by atoms with Crippen LogP contribution in [0.3, 0.4) is 0 Å². The van der Waals surface area contributed by atoms with Crippen molar-refractivity contribution in [2.24, 2.45) is 5.92 Å². The van der Waals surface area contributed by atoms with Crippen LogP contribution in [0.1, 0.15) is 44.1 Å². The number of hydrogen-bond donors (Lipinski definition) is 2. The molecule has 19 heavy (non-hydrogen) atoms. The maximum atomic E-state index is 9.46. The van der Waals surface area contributed by atoms with Crippen LogP contribution in [-0.2, 0) is 6.42 Å². The molecule has 106 valence electrons. The van der Waals surface area contributed by atoms with Gasteiger partial charge >= 0.3 is 0 Å². The lowest BCUT2D eigenvalue weighted by molar-refractivity contribution is 0.236. The Morgan fingerprint density at radius 3 is 2.53 bits per heavy atom. The van der Waals surface area contributed by atoms with Gasteiger partial charge in [0.15, 0.2) is 0 Å². The fraction of sp³-hybridized carbons (Fsp3) is 0.647. The molecule has 0 radical (unpaired) electrons. The molecule has 1 unspecified atom stereocenters. The minimum atomic E-state index is 0.200. The summed E-state index contributed by atoms with van der Waals surface area (Å²) >= 11 is 0. The van der Waals surface area contributed by atoms with Crippen LogP contribution < -0.4 is 5.32 Å². The predicted octanol–water partition coefficient (Wildman–Crippen LogP) is 3.15. The van der Waals surface area contributed by atoms with Gasteiger partial charge in [-0.1, -0.05) is 62.4 Å². The van der Waals surface area contributed by atoms with Crippen molar-refractivity contribution < 1.29 is 5.11 Å². The van der Waals surface area contributed by atoms with E-state index in [9.17, 15) is 5.11 Å². The Hall–Kier alpha value is -0.860. The van der Waals surface area contributed by atoms with Gasteiger partial charge in [-0.15, -0.1) is 0 Å². The Balaban J connectivity index is 1.67. The zero-order chi connectivity index (χ0) is 13.3. The van der Waals surface area contributed by atoms with Gasteiger partial charge in [-0.2, -0.15) is 0 Å². The van der Waals surface area contributed by atoms with E-state index in [4.69, 9.17) is 0 Å². The van der Waals surface area contributed by atoms with Gasteiger partial charge in [0, 0.05) is 6.04 Å². The maximum absolute atomic E-state index is 9.46. The van der Waals surface area contributed by atoms with Crippen molar-refractivity contribution in [3.8, 4) is 0 Å². The zero-order valence-corrected chi connectivity index (χ0v) is 11.9. The Bertz CT molecular complexity index is 332. The molecule has 2 N–H and O–H groups in total. The van der Waals surface area contributed by atoms with Gasteiger partial charge in [0.1, 0.15) is 0 Å². The Morgan fingerprint density at radius 1 is 1.11 bits per heavy atom. The molecule has 0 amide bonds. The van der Waals surface area contributed by atoms with Gasteiger partial charge < -0.3 is 10.4 Å². The van der Waals surface area contributed by atoms with Crippen LogP contribution in [0.25, 0.3) is 0 Å². The fourth-order valence-electron chi connectivity index (χ4n) is 3.07. The van der Waals surface area contributed by atoms with Crippen molar-refractivity contribution in [2.75, 3.05) is 13.2 Å². The SMILES string of the molecule is OCC(Cc1ccccc1)NCCC1CCCCC1. The van der Waals surface area contributed by atoms with Crippen LogP contribution in [-0.4, -0.2) is 24.3 Å². The molecule has 1 saturated carbocycles. The van der Waals surface area contributed by atoms with Crippen molar-refractivity contribution in [2.45, 2.75) is 51.0 Å². The van der Waals surface area contributed by atoms with Crippen LogP contribution in [0, 0.1) is 5.92 Å². The molecule has 0 aliphatic heterocycles. The highest BCUT2D eigenvalue weighted by Crippen LogP contribution is 2.25. The minimum absolute atomic E-state index is 0.200. The van der Waals surface area contributed by atoms with E-state index in [1.54, 1.807) is 0 Å². The topological polar surface area (TPSA) is 32.3 Å². The zero-order valence-electron chi connectivity index (χ0n) is 11.9. The average molecular weight is 261 g/mol. The molecule has 0 saturated heterocycles. The summed E-state index contributed by atoms with van der Waals surface area (Å²) in [7, 11) is 0. The molecule has 0 spiro atoms. The van der Waals surface area contributed by atoms with E-state index < -0.39 is 0 Å². The first-order chi connectivity index (χ1) is 9.38. The van der Waals surface area contributed by atoms with Crippen molar-refractivity contribution >= 4 is 0 Å². The third-order valence-corrected chi connectivity index (χ3v) is 4.26. The quantitative estimate of drug-likeness (QED) is 0.790. The van der Waals surface area contributed by atoms with E-state index in [2.05, 4.69) is 29.6 Å². The molecule has 0 bridgehead atoms. The molecule has 1 atom stereocenters. The number of nitrogens with one attached hydrogen (secondary N) is 1. The second-order valence-electron chi connectivity index (χ2n) is 5.82. The van der Waals surface area contributed by atoms with E-state index >= 15 is 0 Å². The van der Waals surface area contributed by atoms with E-state index in [1.807, 2.05) is 6.07 Å². The summed E-state index contributed by atoms with van der Waals surface area (Å²) in [5, 5.41) is 13.0. The summed E-state index contributed by atoms with van der Waals surface area (Å²) in [6, 6.07) is 10.6. The lowest BCUT2D eigenvalue weighted by atomic mass is 9.87. The largest absolute Gasteiger partial charge is 0.395 e. The second kappa shape index (κ2) is 8.34. The smallest absolute Gasteiger partial charge is 0.0587 e. The normalized spacial score (nSPS) is 18.4. The van der Waals surface area contributed by atoms with E-state index in [1.165, 1.54) is 44.1 Å². The van der Waals surface area contributed by atoms with Crippen LogP contribution in [0.15, 0.2) is 30.3 Å². The van der Waals surface area contributed by atoms with Crippen LogP contribution in [0.5, 0.6) is 0 Å². The van der Waals surface area contributed by atoms with Gasteiger partial charge in [0.2, 0.25) is 0 Å². The first-order valence-electron chi connectivity index (χ1n) is 7.76. The van der Waals surface area contributed by atoms with Gasteiger partial charge in [0.05, 0.1) is 6.61 Å². The van der Waals surface area contributed by atoms with Gasteiger partial charge in [0.25, 0.3) is 0 Å². The number of hydrogen-bond acceptors (Lipinski definition) is 2. The minimum Gasteiger partial charge on any atom is -0.395 e. The highest BCUT2D eigenvalue weighted by atomic mass is 16.3. The first kappa shape index (κ1) is 14.5. The molecule has 2 nitrogen and oxygen atoms in total. The van der Waals surface area contributed by atoms with Crippen molar-refractivity contribution in [1.29, 1.82) is 0 Å². The molecule has 0 heterocycles. The molecule has 1 aromatic carbocycles. The molecule has 1 aromatic rings. The summed E-state index contributed by atoms with van der Waals surface area (Å²) in [5.74, 6) is 0.914. The molecular formula is C17H27NO. The Morgan fingerprint density at radius 2 is 1.84 bits per heavy atom. The molecule has 1 aliphatic rings. The molecule has 1 fully saturated rings. The van der Waals surface area contributed by atoms with Crippen molar-refractivity contribution in [1.82, 2.24) is 5.32 Å². The second-order valence-corrected chi connectivity index (χ2v) is 5.82. The highest BCUT2D eigenvalue weighted by molar-refractivity contribution is 5.15. The summed E-state index contributed by atoms with van der Waals surface area (Å²) in [6.07, 6.45) is 9.26. The number of aliphatic hydroxyl groups excluding tert-OH is 1. The molecular weight excluding hydrogens is 234 g/mol.